The molecule has 0 saturated heterocycles. The van der Waals surface area contributed by atoms with Crippen molar-refractivity contribution >= 4 is 22.4 Å². The smallest absolute Gasteiger partial charge is 0.187 e. The fraction of sp³-hybridized carbons (Fsp3) is 0. The van der Waals surface area contributed by atoms with Gasteiger partial charge < -0.3 is 0 Å². The van der Waals surface area contributed by atoms with Gasteiger partial charge in [0.15, 0.2) is 5.78 Å². The third-order valence-corrected chi connectivity index (χ3v) is 2.76. The van der Waals surface area contributed by atoms with E-state index in [1.165, 1.54) is 30.3 Å². The van der Waals surface area contributed by atoms with E-state index in [0.29, 0.717) is 16.2 Å². The van der Waals surface area contributed by atoms with Crippen LogP contribution in [0.15, 0.2) is 60.7 Å². The van der Waals surface area contributed by atoms with E-state index in [9.17, 15) is 9.18 Å². The Balaban J connectivity index is 2.23. The average Bonchev–Trinajstić information content (AvgIpc) is 2.40. The van der Waals surface area contributed by atoms with Crippen LogP contribution >= 0.6 is 11.6 Å². The summed E-state index contributed by atoms with van der Waals surface area (Å²) >= 11 is 6.02. The highest BCUT2D eigenvalue weighted by atomic mass is 35.5. The number of benzene rings is 2. The summed E-state index contributed by atoms with van der Waals surface area (Å²) in [7, 11) is 0. The molecule has 0 spiro atoms. The largest absolute Gasteiger partial charge is 0.289 e. The molecular formula is C15H10ClFO. The van der Waals surface area contributed by atoms with Gasteiger partial charge in [-0.15, -0.1) is 0 Å². The molecule has 90 valence electrons. The summed E-state index contributed by atoms with van der Waals surface area (Å²) in [5.41, 5.74) is 1.18. The summed E-state index contributed by atoms with van der Waals surface area (Å²) < 4.78 is 12.7. The number of hydrogen-bond donors (Lipinski definition) is 0. The summed E-state index contributed by atoms with van der Waals surface area (Å²) in [4.78, 5) is 11.9. The van der Waals surface area contributed by atoms with Gasteiger partial charge in [0.1, 0.15) is 5.82 Å². The second-order valence-electron chi connectivity index (χ2n) is 3.73. The van der Waals surface area contributed by atoms with Crippen LogP contribution in [0.2, 0.25) is 0 Å². The SMILES string of the molecule is O=C(/C=C(/Cl)c1ccc(F)cc1)c1ccccc1. The molecule has 0 aliphatic rings. The minimum atomic E-state index is -0.336. The maximum atomic E-state index is 12.7. The van der Waals surface area contributed by atoms with Gasteiger partial charge in [-0.2, -0.15) is 0 Å². The van der Waals surface area contributed by atoms with E-state index in [1.54, 1.807) is 24.3 Å². The summed E-state index contributed by atoms with van der Waals surface area (Å²) in [5.74, 6) is -0.512. The molecule has 0 aromatic heterocycles. The Morgan fingerprint density at radius 2 is 1.56 bits per heavy atom. The Bertz CT molecular complexity index is 573. The Morgan fingerprint density at radius 1 is 0.944 bits per heavy atom. The number of carbonyl (C=O) groups excluding carboxylic acids is 1. The third-order valence-electron chi connectivity index (χ3n) is 2.44. The van der Waals surface area contributed by atoms with E-state index >= 15 is 0 Å². The number of allylic oxidation sites excluding steroid dienone is 1. The molecule has 0 unspecified atom stereocenters. The highest BCUT2D eigenvalue weighted by molar-refractivity contribution is 6.50. The first-order valence-corrected chi connectivity index (χ1v) is 5.77. The first kappa shape index (κ1) is 12.5. The van der Waals surface area contributed by atoms with Gasteiger partial charge in [0.2, 0.25) is 0 Å². The lowest BCUT2D eigenvalue weighted by molar-refractivity contribution is 0.104. The third kappa shape index (κ3) is 3.05. The predicted molar refractivity (Wildman–Crippen MR) is 71.0 cm³/mol. The minimum Gasteiger partial charge on any atom is -0.289 e. The Labute approximate surface area is 110 Å². The van der Waals surface area contributed by atoms with Gasteiger partial charge in [0, 0.05) is 11.6 Å². The summed E-state index contributed by atoms with van der Waals surface area (Å²) in [6.07, 6.45) is 1.34. The maximum Gasteiger partial charge on any atom is 0.187 e. The van der Waals surface area contributed by atoms with Gasteiger partial charge in [0.25, 0.3) is 0 Å². The fourth-order valence-electron chi connectivity index (χ4n) is 1.49. The van der Waals surface area contributed by atoms with E-state index in [1.807, 2.05) is 6.07 Å². The molecule has 0 atom stereocenters. The van der Waals surface area contributed by atoms with Crippen LogP contribution in [0, 0.1) is 5.82 Å². The van der Waals surface area contributed by atoms with Crippen LogP contribution in [0.3, 0.4) is 0 Å². The van der Waals surface area contributed by atoms with Crippen molar-refractivity contribution in [2.75, 3.05) is 0 Å². The number of carbonyl (C=O) groups is 1. The van der Waals surface area contributed by atoms with Gasteiger partial charge in [0.05, 0.1) is 5.03 Å². The molecule has 0 amide bonds. The quantitative estimate of drug-likeness (QED) is 0.594. The normalized spacial score (nSPS) is 11.3. The van der Waals surface area contributed by atoms with Gasteiger partial charge >= 0.3 is 0 Å². The number of rotatable bonds is 3. The molecule has 0 radical (unpaired) electrons. The topological polar surface area (TPSA) is 17.1 Å². The molecule has 0 heterocycles. The highest BCUT2D eigenvalue weighted by Gasteiger charge is 2.05. The minimum absolute atomic E-state index is 0.176. The standard InChI is InChI=1S/C15H10ClFO/c16-14(11-6-8-13(17)9-7-11)10-15(18)12-4-2-1-3-5-12/h1-10H/b14-10+. The first-order valence-electron chi connectivity index (χ1n) is 5.39. The number of ketones is 1. The molecule has 18 heavy (non-hydrogen) atoms. The molecule has 0 aliphatic heterocycles. The summed E-state index contributed by atoms with van der Waals surface area (Å²) in [6.45, 7) is 0. The molecule has 0 N–H and O–H groups in total. The van der Waals surface area contributed by atoms with Gasteiger partial charge in [-0.05, 0) is 17.7 Å². The Kier molecular flexibility index (Phi) is 3.90. The van der Waals surface area contributed by atoms with Crippen molar-refractivity contribution in [3.8, 4) is 0 Å². The average molecular weight is 261 g/mol. The Morgan fingerprint density at radius 3 is 2.17 bits per heavy atom. The van der Waals surface area contributed by atoms with Crippen LogP contribution in [0.4, 0.5) is 4.39 Å². The van der Waals surface area contributed by atoms with Crippen LogP contribution in [-0.2, 0) is 0 Å². The van der Waals surface area contributed by atoms with Gasteiger partial charge in [-0.3, -0.25) is 4.79 Å². The zero-order valence-electron chi connectivity index (χ0n) is 9.44. The van der Waals surface area contributed by atoms with Crippen molar-refractivity contribution in [1.82, 2.24) is 0 Å². The van der Waals surface area contributed by atoms with E-state index < -0.39 is 0 Å². The van der Waals surface area contributed by atoms with E-state index in [0.717, 1.165) is 0 Å². The lowest BCUT2D eigenvalue weighted by atomic mass is 10.1. The number of hydrogen-bond acceptors (Lipinski definition) is 1. The highest BCUT2D eigenvalue weighted by Crippen LogP contribution is 2.20. The van der Waals surface area contributed by atoms with Crippen molar-refractivity contribution in [3.05, 3.63) is 77.6 Å². The zero-order valence-corrected chi connectivity index (χ0v) is 10.2. The van der Waals surface area contributed by atoms with Crippen LogP contribution in [0.25, 0.3) is 5.03 Å². The molecular weight excluding hydrogens is 251 g/mol. The maximum absolute atomic E-state index is 12.7. The van der Waals surface area contributed by atoms with Crippen LogP contribution in [-0.4, -0.2) is 5.78 Å². The lowest BCUT2D eigenvalue weighted by Crippen LogP contribution is -1.94. The summed E-state index contributed by atoms with van der Waals surface area (Å²) in [6, 6.07) is 14.5. The van der Waals surface area contributed by atoms with Crippen molar-refractivity contribution < 1.29 is 9.18 Å². The molecule has 0 bridgehead atoms. The zero-order chi connectivity index (χ0) is 13.0. The summed E-state index contributed by atoms with van der Waals surface area (Å²) in [5, 5.41) is 0.295. The van der Waals surface area contributed by atoms with Gasteiger partial charge in [-0.25, -0.2) is 4.39 Å². The van der Waals surface area contributed by atoms with Crippen LogP contribution < -0.4 is 0 Å². The Hall–Kier alpha value is -1.93. The first-order chi connectivity index (χ1) is 8.66. The van der Waals surface area contributed by atoms with Crippen molar-refractivity contribution in [2.24, 2.45) is 0 Å². The molecule has 2 aromatic carbocycles. The van der Waals surface area contributed by atoms with Crippen LogP contribution in [0.5, 0.6) is 0 Å². The molecule has 0 aliphatic carbocycles. The van der Waals surface area contributed by atoms with E-state index in [4.69, 9.17) is 11.6 Å². The van der Waals surface area contributed by atoms with Crippen molar-refractivity contribution in [1.29, 1.82) is 0 Å². The van der Waals surface area contributed by atoms with Gasteiger partial charge in [-0.1, -0.05) is 54.1 Å². The van der Waals surface area contributed by atoms with Crippen LogP contribution in [0.1, 0.15) is 15.9 Å². The molecule has 2 rings (SSSR count). The molecule has 3 heteroatoms. The molecule has 1 nitrogen and oxygen atoms in total. The fourth-order valence-corrected chi connectivity index (χ4v) is 1.72. The molecule has 0 saturated carbocycles. The van der Waals surface area contributed by atoms with Crippen molar-refractivity contribution in [2.45, 2.75) is 0 Å². The molecule has 0 fully saturated rings. The van der Waals surface area contributed by atoms with E-state index in [2.05, 4.69) is 0 Å². The second kappa shape index (κ2) is 5.61. The van der Waals surface area contributed by atoms with Crippen molar-refractivity contribution in [3.63, 3.8) is 0 Å². The molecule has 2 aromatic rings. The van der Waals surface area contributed by atoms with E-state index in [-0.39, 0.29) is 11.6 Å². The number of halogens is 2. The lowest BCUT2D eigenvalue weighted by Gasteiger charge is -1.99. The predicted octanol–water partition coefficient (Wildman–Crippen LogP) is 4.29. The monoisotopic (exact) mass is 260 g/mol. The second-order valence-corrected chi connectivity index (χ2v) is 4.14.